The molecule has 3 aliphatic rings. The number of pyridine rings is 1. The van der Waals surface area contributed by atoms with Crippen LogP contribution in [-0.2, 0) is 9.47 Å². The quantitative estimate of drug-likeness (QED) is 0.380. The lowest BCUT2D eigenvalue weighted by Gasteiger charge is -2.46. The van der Waals surface area contributed by atoms with Crippen molar-refractivity contribution in [2.75, 3.05) is 59.6 Å². The van der Waals surface area contributed by atoms with Crippen molar-refractivity contribution in [1.82, 2.24) is 24.1 Å². The second kappa shape index (κ2) is 12.2. The molecule has 8 nitrogen and oxygen atoms in total. The van der Waals surface area contributed by atoms with E-state index < -0.39 is 11.8 Å². The number of hydrogen-bond donors (Lipinski definition) is 0. The van der Waals surface area contributed by atoms with Crippen molar-refractivity contribution in [3.8, 4) is 11.1 Å². The molecule has 0 N–H and O–H groups in total. The summed E-state index contributed by atoms with van der Waals surface area (Å²) in [4.78, 5) is 24.4. The maximum Gasteiger partial charge on any atom is 0.254 e. The third kappa shape index (κ3) is 5.94. The number of fused-ring (bicyclic) bond motifs is 1. The van der Waals surface area contributed by atoms with Crippen molar-refractivity contribution in [2.24, 2.45) is 5.92 Å². The topological polar surface area (TPSA) is 62.6 Å². The van der Waals surface area contributed by atoms with Crippen LogP contribution in [-0.4, -0.2) is 108 Å². The summed E-state index contributed by atoms with van der Waals surface area (Å²) in [6.45, 7) is 13.9. The summed E-state index contributed by atoms with van der Waals surface area (Å²) in [5, 5.41) is 0. The van der Waals surface area contributed by atoms with Crippen LogP contribution in [0.15, 0.2) is 30.5 Å². The minimum absolute atomic E-state index is 0.147. The SMILES string of the molecule is Cc1nc(F)c2c(-c3ccc(F)cc3C(=O)N3CCOC[C@H]3C)cc(C3CN([C@H](CO[C@H]4CCN(C)C4)C(C)C)C3)cn12. The summed E-state index contributed by atoms with van der Waals surface area (Å²) < 4.78 is 43.6. The first-order chi connectivity index (χ1) is 20.6. The molecule has 0 aliphatic carbocycles. The van der Waals surface area contributed by atoms with E-state index in [4.69, 9.17) is 9.47 Å². The fourth-order valence-corrected chi connectivity index (χ4v) is 6.85. The standard InChI is InChI=1S/C33H43F2N5O3/c1-20(2)30(19-43-26-8-9-37(5)17-26)38-14-24(15-38)23-12-28(31-32(35)36-22(4)40(31)16-23)27-7-6-25(34)13-29(27)33(41)39-10-11-42-18-21(39)3/h6-7,12-13,16,20-21,24,26,30H,8-11,14-15,17-19H2,1-5H3/t21-,26+,30-/m1/s1. The van der Waals surface area contributed by atoms with Crippen molar-refractivity contribution in [3.63, 3.8) is 0 Å². The molecule has 3 aromatic rings. The number of halogens is 2. The van der Waals surface area contributed by atoms with Gasteiger partial charge in [-0.05, 0) is 62.6 Å². The lowest BCUT2D eigenvalue weighted by molar-refractivity contribution is -0.0268. The van der Waals surface area contributed by atoms with Crippen molar-refractivity contribution in [1.29, 1.82) is 0 Å². The molecule has 1 aromatic carbocycles. The van der Waals surface area contributed by atoms with Crippen LogP contribution in [0.25, 0.3) is 16.6 Å². The Morgan fingerprint density at radius 1 is 1.14 bits per heavy atom. The summed E-state index contributed by atoms with van der Waals surface area (Å²) in [5.41, 5.74) is 2.61. The number of aryl methyl sites for hydroxylation is 1. The smallest absolute Gasteiger partial charge is 0.254 e. The van der Waals surface area contributed by atoms with E-state index in [0.717, 1.165) is 38.2 Å². The van der Waals surface area contributed by atoms with E-state index in [-0.39, 0.29) is 23.4 Å². The fourth-order valence-electron chi connectivity index (χ4n) is 6.85. The molecular formula is C33H43F2N5O3. The average Bonchev–Trinajstić information content (AvgIpc) is 3.50. The van der Waals surface area contributed by atoms with Crippen molar-refractivity contribution >= 4 is 11.4 Å². The van der Waals surface area contributed by atoms with Gasteiger partial charge in [-0.2, -0.15) is 4.39 Å². The van der Waals surface area contributed by atoms with Gasteiger partial charge in [-0.15, -0.1) is 0 Å². The Labute approximate surface area is 252 Å². The Bertz CT molecular complexity index is 1490. The molecule has 43 heavy (non-hydrogen) atoms. The first kappa shape index (κ1) is 30.1. The molecule has 232 valence electrons. The minimum atomic E-state index is -0.605. The molecule has 3 saturated heterocycles. The Hall–Kier alpha value is -2.92. The molecular weight excluding hydrogens is 552 g/mol. The van der Waals surface area contributed by atoms with E-state index in [0.29, 0.717) is 66.9 Å². The lowest BCUT2D eigenvalue weighted by atomic mass is 9.86. The van der Waals surface area contributed by atoms with Gasteiger partial charge >= 0.3 is 0 Å². The van der Waals surface area contributed by atoms with Gasteiger partial charge in [0.2, 0.25) is 5.95 Å². The number of likely N-dealkylation sites (tertiary alicyclic amines) is 2. The number of carbonyl (C=O) groups is 1. The summed E-state index contributed by atoms with van der Waals surface area (Å²) >= 11 is 0. The van der Waals surface area contributed by atoms with Gasteiger partial charge in [-0.1, -0.05) is 19.9 Å². The molecule has 10 heteroatoms. The van der Waals surface area contributed by atoms with Crippen LogP contribution in [0.5, 0.6) is 0 Å². The molecule has 2 aromatic heterocycles. The molecule has 0 bridgehead atoms. The van der Waals surface area contributed by atoms with Crippen LogP contribution in [0.1, 0.15) is 54.9 Å². The van der Waals surface area contributed by atoms with Crippen LogP contribution in [0.4, 0.5) is 8.78 Å². The number of likely N-dealkylation sites (N-methyl/N-ethyl adjacent to an activating group) is 1. The molecule has 0 radical (unpaired) electrons. The van der Waals surface area contributed by atoms with Gasteiger partial charge < -0.3 is 23.7 Å². The van der Waals surface area contributed by atoms with Gasteiger partial charge in [0.25, 0.3) is 5.91 Å². The zero-order chi connectivity index (χ0) is 30.4. The van der Waals surface area contributed by atoms with Gasteiger partial charge in [-0.25, -0.2) is 9.37 Å². The maximum atomic E-state index is 15.4. The predicted octanol–water partition coefficient (Wildman–Crippen LogP) is 4.59. The van der Waals surface area contributed by atoms with Crippen LogP contribution in [0.2, 0.25) is 0 Å². The van der Waals surface area contributed by atoms with Gasteiger partial charge in [0.1, 0.15) is 17.2 Å². The van der Waals surface area contributed by atoms with Crippen LogP contribution in [0, 0.1) is 24.6 Å². The number of nitrogens with zero attached hydrogens (tertiary/aromatic N) is 5. The highest BCUT2D eigenvalue weighted by atomic mass is 19.1. The number of amides is 1. The highest BCUT2D eigenvalue weighted by molar-refractivity contribution is 6.03. The van der Waals surface area contributed by atoms with Crippen LogP contribution < -0.4 is 0 Å². The largest absolute Gasteiger partial charge is 0.377 e. The van der Waals surface area contributed by atoms with E-state index in [1.165, 1.54) is 12.1 Å². The van der Waals surface area contributed by atoms with E-state index >= 15 is 4.39 Å². The van der Waals surface area contributed by atoms with Crippen LogP contribution in [0.3, 0.4) is 0 Å². The molecule has 0 saturated carbocycles. The first-order valence-electron chi connectivity index (χ1n) is 15.5. The number of hydrogen-bond acceptors (Lipinski definition) is 6. The van der Waals surface area contributed by atoms with Gasteiger partial charge in [0.05, 0.1) is 37.5 Å². The van der Waals surface area contributed by atoms with Crippen molar-refractivity contribution in [3.05, 3.63) is 59.2 Å². The van der Waals surface area contributed by atoms with Crippen LogP contribution >= 0.6 is 0 Å². The molecule has 0 unspecified atom stereocenters. The van der Waals surface area contributed by atoms with Gasteiger partial charge in [0, 0.05) is 56.4 Å². The zero-order valence-electron chi connectivity index (χ0n) is 25.9. The summed E-state index contributed by atoms with van der Waals surface area (Å²) in [6.07, 6.45) is 3.34. The molecule has 3 atom stereocenters. The summed E-state index contributed by atoms with van der Waals surface area (Å²) in [6, 6.07) is 6.34. The first-order valence-corrected chi connectivity index (χ1v) is 15.5. The number of imidazole rings is 1. The Morgan fingerprint density at radius 3 is 2.63 bits per heavy atom. The van der Waals surface area contributed by atoms with Gasteiger partial charge in [0.15, 0.2) is 0 Å². The molecule has 3 aliphatic heterocycles. The van der Waals surface area contributed by atoms with Crippen molar-refractivity contribution < 1.29 is 23.0 Å². The summed E-state index contributed by atoms with van der Waals surface area (Å²) in [7, 11) is 2.14. The van der Waals surface area contributed by atoms with E-state index in [2.05, 4.69) is 35.7 Å². The molecule has 0 spiro atoms. The average molecular weight is 596 g/mol. The Balaban J connectivity index is 1.30. The highest BCUT2D eigenvalue weighted by Gasteiger charge is 2.37. The number of rotatable bonds is 8. The normalized spacial score (nSPS) is 22.9. The molecule has 1 amide bonds. The Morgan fingerprint density at radius 2 is 1.93 bits per heavy atom. The molecule has 3 fully saturated rings. The maximum absolute atomic E-state index is 15.4. The lowest BCUT2D eigenvalue weighted by Crippen LogP contribution is -2.54. The fraction of sp³-hybridized carbons (Fsp3) is 0.576. The zero-order valence-corrected chi connectivity index (χ0v) is 25.9. The number of carbonyl (C=O) groups excluding carboxylic acids is 1. The monoisotopic (exact) mass is 595 g/mol. The van der Waals surface area contributed by atoms with E-state index in [1.54, 1.807) is 22.3 Å². The van der Waals surface area contributed by atoms with E-state index in [9.17, 15) is 9.18 Å². The summed E-state index contributed by atoms with van der Waals surface area (Å²) in [5.74, 6) is -0.200. The second-order valence-corrected chi connectivity index (χ2v) is 12.9. The van der Waals surface area contributed by atoms with Gasteiger partial charge in [-0.3, -0.25) is 9.69 Å². The second-order valence-electron chi connectivity index (χ2n) is 12.9. The number of aromatic nitrogens is 2. The number of ether oxygens (including phenoxy) is 2. The molecule has 5 heterocycles. The number of benzene rings is 1. The van der Waals surface area contributed by atoms with E-state index in [1.807, 2.05) is 19.2 Å². The minimum Gasteiger partial charge on any atom is -0.377 e. The third-order valence-corrected chi connectivity index (χ3v) is 9.49. The van der Waals surface area contributed by atoms with Crippen molar-refractivity contribution in [2.45, 2.75) is 58.2 Å². The number of morpholine rings is 1. The Kier molecular flexibility index (Phi) is 8.56. The molecule has 6 rings (SSSR count). The third-order valence-electron chi connectivity index (χ3n) is 9.49. The highest BCUT2D eigenvalue weighted by Crippen LogP contribution is 2.38. The predicted molar refractivity (Wildman–Crippen MR) is 161 cm³/mol.